The zero-order valence-electron chi connectivity index (χ0n) is 12.5. The van der Waals surface area contributed by atoms with Crippen molar-refractivity contribution < 1.29 is 14.0 Å². The van der Waals surface area contributed by atoms with Crippen molar-refractivity contribution in [1.29, 1.82) is 0 Å². The van der Waals surface area contributed by atoms with E-state index in [0.717, 1.165) is 0 Å². The summed E-state index contributed by atoms with van der Waals surface area (Å²) in [6.07, 6.45) is 3.05. The Hall–Kier alpha value is -2.99. The quantitative estimate of drug-likeness (QED) is 0.663. The molecule has 3 aromatic rings. The van der Waals surface area contributed by atoms with E-state index in [4.69, 9.17) is 16.0 Å². The number of anilines is 1. The first-order chi connectivity index (χ1) is 11.6. The highest BCUT2D eigenvalue weighted by molar-refractivity contribution is 6.31. The topological polar surface area (TPSA) is 87.1 Å². The number of H-pyrrole nitrogens is 1. The molecular weight excluding hydrogens is 330 g/mol. The largest absolute Gasteiger partial charge is 0.467 e. The molecule has 0 saturated carbocycles. The van der Waals surface area contributed by atoms with Crippen molar-refractivity contribution in [3.63, 3.8) is 0 Å². The van der Waals surface area contributed by atoms with Gasteiger partial charge in [0.05, 0.1) is 29.1 Å². The van der Waals surface area contributed by atoms with Crippen LogP contribution in [0.2, 0.25) is 5.02 Å². The van der Waals surface area contributed by atoms with Gasteiger partial charge in [0.1, 0.15) is 11.5 Å². The summed E-state index contributed by atoms with van der Waals surface area (Å²) in [6.45, 7) is 0.264. The molecule has 3 rings (SSSR count). The smallest absolute Gasteiger partial charge is 0.272 e. The van der Waals surface area contributed by atoms with Crippen molar-refractivity contribution >= 4 is 29.1 Å². The lowest BCUT2D eigenvalue weighted by atomic mass is 10.1. The van der Waals surface area contributed by atoms with Crippen LogP contribution in [0.4, 0.5) is 5.69 Å². The van der Waals surface area contributed by atoms with Crippen LogP contribution >= 0.6 is 11.6 Å². The Bertz CT molecular complexity index is 856. The molecule has 122 valence electrons. The van der Waals surface area contributed by atoms with Crippen LogP contribution in [0.25, 0.3) is 0 Å². The average Bonchev–Trinajstić information content (AvgIpc) is 3.24. The minimum Gasteiger partial charge on any atom is -0.467 e. The summed E-state index contributed by atoms with van der Waals surface area (Å²) in [7, 11) is 0. The normalized spacial score (nSPS) is 10.4. The van der Waals surface area contributed by atoms with E-state index >= 15 is 0 Å². The number of furan rings is 1. The van der Waals surface area contributed by atoms with E-state index in [1.165, 1.54) is 18.5 Å². The Labute approximate surface area is 142 Å². The van der Waals surface area contributed by atoms with Crippen molar-refractivity contribution in [2.75, 3.05) is 5.32 Å². The molecular formula is C17H14ClN3O3. The number of para-hydroxylation sites is 1. The minimum atomic E-state index is -0.381. The number of hydrogen-bond donors (Lipinski definition) is 3. The Kier molecular flexibility index (Phi) is 4.67. The molecule has 2 aromatic heterocycles. The van der Waals surface area contributed by atoms with E-state index in [-0.39, 0.29) is 18.4 Å². The van der Waals surface area contributed by atoms with Crippen LogP contribution in [0.15, 0.2) is 59.3 Å². The molecule has 0 unspecified atom stereocenters. The summed E-state index contributed by atoms with van der Waals surface area (Å²) in [4.78, 5) is 27.3. The van der Waals surface area contributed by atoms with Gasteiger partial charge in [-0.25, -0.2) is 0 Å². The molecule has 2 heterocycles. The number of carbonyl (C=O) groups is 2. The van der Waals surface area contributed by atoms with Crippen LogP contribution in [0.5, 0.6) is 0 Å². The second kappa shape index (κ2) is 7.06. The molecule has 0 spiro atoms. The number of amides is 2. The summed E-state index contributed by atoms with van der Waals surface area (Å²) in [5, 5.41) is 5.88. The predicted molar refractivity (Wildman–Crippen MR) is 90.1 cm³/mol. The molecule has 0 radical (unpaired) electrons. The maximum Gasteiger partial charge on any atom is 0.272 e. The number of aromatic nitrogens is 1. The van der Waals surface area contributed by atoms with Gasteiger partial charge in [0.25, 0.3) is 11.8 Å². The van der Waals surface area contributed by atoms with E-state index < -0.39 is 0 Å². The van der Waals surface area contributed by atoms with E-state index in [0.29, 0.717) is 27.7 Å². The van der Waals surface area contributed by atoms with E-state index in [1.54, 1.807) is 36.4 Å². The molecule has 24 heavy (non-hydrogen) atoms. The molecule has 0 aliphatic heterocycles. The molecule has 0 fully saturated rings. The Morgan fingerprint density at radius 2 is 1.96 bits per heavy atom. The number of hydrogen-bond acceptors (Lipinski definition) is 3. The summed E-state index contributed by atoms with van der Waals surface area (Å²) in [5.74, 6) is -0.0501. The van der Waals surface area contributed by atoms with Gasteiger partial charge in [0.2, 0.25) is 0 Å². The zero-order valence-corrected chi connectivity index (χ0v) is 13.3. The Morgan fingerprint density at radius 3 is 2.67 bits per heavy atom. The van der Waals surface area contributed by atoms with Crippen molar-refractivity contribution in [2.45, 2.75) is 6.54 Å². The molecule has 0 aliphatic rings. The molecule has 0 bridgehead atoms. The summed E-state index contributed by atoms with van der Waals surface area (Å²) in [5.41, 5.74) is 1.08. The minimum absolute atomic E-state index is 0.264. The number of rotatable bonds is 5. The fraction of sp³-hybridized carbons (Fsp3) is 0.0588. The maximum atomic E-state index is 12.3. The van der Waals surface area contributed by atoms with Gasteiger partial charge >= 0.3 is 0 Å². The van der Waals surface area contributed by atoms with Crippen LogP contribution in [0.1, 0.15) is 26.6 Å². The first-order valence-corrected chi connectivity index (χ1v) is 7.56. The van der Waals surface area contributed by atoms with Gasteiger partial charge in [-0.3, -0.25) is 9.59 Å². The monoisotopic (exact) mass is 343 g/mol. The lowest BCUT2D eigenvalue weighted by Gasteiger charge is -2.10. The summed E-state index contributed by atoms with van der Waals surface area (Å²) < 4.78 is 5.17. The molecule has 6 nitrogen and oxygen atoms in total. The van der Waals surface area contributed by atoms with Gasteiger partial charge in [-0.2, -0.15) is 0 Å². The highest BCUT2D eigenvalue weighted by Gasteiger charge is 2.15. The Balaban J connectivity index is 1.72. The highest BCUT2D eigenvalue weighted by atomic mass is 35.5. The third kappa shape index (κ3) is 3.67. The van der Waals surface area contributed by atoms with Crippen molar-refractivity contribution in [1.82, 2.24) is 10.3 Å². The summed E-state index contributed by atoms with van der Waals surface area (Å²) in [6, 6.07) is 11.8. The van der Waals surface area contributed by atoms with E-state index in [1.807, 2.05) is 0 Å². The molecule has 3 N–H and O–H groups in total. The molecule has 1 aromatic carbocycles. The third-order valence-corrected chi connectivity index (χ3v) is 3.53. The highest BCUT2D eigenvalue weighted by Crippen LogP contribution is 2.17. The predicted octanol–water partition coefficient (Wildman–Crippen LogP) is 3.44. The number of nitrogens with one attached hydrogen (secondary N) is 3. The zero-order chi connectivity index (χ0) is 16.9. The van der Waals surface area contributed by atoms with Crippen molar-refractivity contribution in [3.8, 4) is 0 Å². The van der Waals surface area contributed by atoms with Crippen LogP contribution in [0.3, 0.4) is 0 Å². The fourth-order valence-electron chi connectivity index (χ4n) is 2.15. The first kappa shape index (κ1) is 15.9. The second-order valence-electron chi connectivity index (χ2n) is 4.99. The van der Waals surface area contributed by atoms with Gasteiger partial charge in [-0.1, -0.05) is 23.7 Å². The fourth-order valence-corrected chi connectivity index (χ4v) is 2.32. The van der Waals surface area contributed by atoms with Gasteiger partial charge in [-0.15, -0.1) is 0 Å². The number of halogens is 1. The molecule has 2 amide bonds. The van der Waals surface area contributed by atoms with Gasteiger partial charge in [-0.05, 0) is 30.3 Å². The lowest BCUT2D eigenvalue weighted by molar-refractivity contribution is 0.0949. The van der Waals surface area contributed by atoms with Crippen LogP contribution < -0.4 is 10.6 Å². The molecule has 0 aliphatic carbocycles. The van der Waals surface area contributed by atoms with Crippen LogP contribution in [-0.4, -0.2) is 16.8 Å². The summed E-state index contributed by atoms with van der Waals surface area (Å²) >= 11 is 5.80. The van der Waals surface area contributed by atoms with Crippen molar-refractivity contribution in [2.24, 2.45) is 0 Å². The first-order valence-electron chi connectivity index (χ1n) is 7.18. The number of carbonyl (C=O) groups excluding carboxylic acids is 2. The lowest BCUT2D eigenvalue weighted by Crippen LogP contribution is -2.24. The van der Waals surface area contributed by atoms with Crippen LogP contribution in [0, 0.1) is 0 Å². The number of benzene rings is 1. The van der Waals surface area contributed by atoms with Gasteiger partial charge < -0.3 is 20.0 Å². The third-order valence-electron chi connectivity index (χ3n) is 3.32. The van der Waals surface area contributed by atoms with Gasteiger partial charge in [0, 0.05) is 6.20 Å². The SMILES string of the molecule is O=C(Nc1ccccc1C(=O)NCc1ccco1)c1cc(Cl)c[nH]1. The molecule has 0 atom stereocenters. The van der Waals surface area contributed by atoms with E-state index in [2.05, 4.69) is 15.6 Å². The molecule has 0 saturated heterocycles. The number of aromatic amines is 1. The standard InChI is InChI=1S/C17H14ClN3O3/c18-11-8-15(19-9-11)17(23)21-14-6-2-1-5-13(14)16(22)20-10-12-4-3-7-24-12/h1-9,19H,10H2,(H,20,22)(H,21,23). The Morgan fingerprint density at radius 1 is 1.12 bits per heavy atom. The molecule has 7 heteroatoms. The maximum absolute atomic E-state index is 12.3. The second-order valence-corrected chi connectivity index (χ2v) is 5.43. The van der Waals surface area contributed by atoms with E-state index in [9.17, 15) is 9.59 Å². The van der Waals surface area contributed by atoms with Gasteiger partial charge in [0.15, 0.2) is 0 Å². The van der Waals surface area contributed by atoms with Crippen molar-refractivity contribution in [3.05, 3.63) is 77.0 Å². The van der Waals surface area contributed by atoms with Crippen LogP contribution in [-0.2, 0) is 6.54 Å². The average molecular weight is 344 g/mol.